The molecule has 0 saturated heterocycles. The van der Waals surface area contributed by atoms with Crippen LogP contribution in [0.4, 0.5) is 0 Å². The summed E-state index contributed by atoms with van der Waals surface area (Å²) >= 11 is 5.29. The van der Waals surface area contributed by atoms with Crippen LogP contribution >= 0.6 is 27.7 Å². The first-order chi connectivity index (χ1) is 8.10. The zero-order chi connectivity index (χ0) is 12.8. The van der Waals surface area contributed by atoms with Crippen molar-refractivity contribution < 1.29 is 0 Å². The molecule has 0 saturated carbocycles. The number of likely N-dealkylation sites (N-methyl/N-ethyl adjacent to an activating group) is 1. The molecule has 17 heavy (non-hydrogen) atoms. The van der Waals surface area contributed by atoms with Crippen LogP contribution in [0.3, 0.4) is 0 Å². The van der Waals surface area contributed by atoms with Crippen molar-refractivity contribution in [3.05, 3.63) is 16.4 Å². The van der Waals surface area contributed by atoms with Gasteiger partial charge in [-0.25, -0.2) is 0 Å². The van der Waals surface area contributed by atoms with Crippen molar-refractivity contribution in [1.82, 2.24) is 20.1 Å². The molecule has 0 radical (unpaired) electrons. The molecule has 1 heterocycles. The molecule has 0 bridgehead atoms. The molecule has 1 unspecified atom stereocenters. The average molecular weight is 322 g/mol. The Kier molecular flexibility index (Phi) is 6.50. The minimum atomic E-state index is 0.115. The fraction of sp³-hybridized carbons (Fsp3) is 0.700. The van der Waals surface area contributed by atoms with Gasteiger partial charge in [-0.1, -0.05) is 0 Å². The number of nitrogens with zero attached hydrogens (tertiary/aromatic N) is 3. The third-order valence-corrected chi connectivity index (χ3v) is 3.73. The minimum Gasteiger partial charge on any atom is -0.308 e. The van der Waals surface area contributed by atoms with E-state index in [0.717, 1.165) is 29.0 Å². The molecule has 0 fully saturated rings. The highest BCUT2D eigenvalue weighted by Crippen LogP contribution is 2.24. The highest BCUT2D eigenvalue weighted by Gasteiger charge is 2.18. The fourth-order valence-electron chi connectivity index (χ4n) is 1.56. The van der Waals surface area contributed by atoms with Crippen LogP contribution < -0.4 is 11.3 Å². The van der Waals surface area contributed by atoms with Crippen LogP contribution in [0.2, 0.25) is 0 Å². The van der Waals surface area contributed by atoms with E-state index in [1.54, 1.807) is 11.8 Å². The van der Waals surface area contributed by atoms with Crippen LogP contribution in [0, 0.1) is 0 Å². The molecule has 0 aromatic carbocycles. The van der Waals surface area contributed by atoms with E-state index in [2.05, 4.69) is 51.7 Å². The molecule has 98 valence electrons. The second kappa shape index (κ2) is 7.38. The molecule has 1 atom stereocenters. The molecule has 1 aromatic rings. The summed E-state index contributed by atoms with van der Waals surface area (Å²) in [6.45, 7) is 1.82. The molecule has 3 N–H and O–H groups in total. The fourth-order valence-corrected chi connectivity index (χ4v) is 2.72. The predicted octanol–water partition coefficient (Wildman–Crippen LogP) is 1.07. The van der Waals surface area contributed by atoms with Gasteiger partial charge in [-0.05, 0) is 36.3 Å². The first-order valence-electron chi connectivity index (χ1n) is 5.41. The predicted molar refractivity (Wildman–Crippen MR) is 76.9 cm³/mol. The Morgan fingerprint density at radius 3 is 2.88 bits per heavy atom. The van der Waals surface area contributed by atoms with E-state index in [1.807, 2.05) is 10.9 Å². The summed E-state index contributed by atoms with van der Waals surface area (Å²) in [5.41, 5.74) is 3.96. The number of hydrazine groups is 1. The number of aromatic nitrogens is 2. The van der Waals surface area contributed by atoms with E-state index in [9.17, 15) is 0 Å². The van der Waals surface area contributed by atoms with E-state index in [4.69, 9.17) is 5.84 Å². The molecular weight excluding hydrogens is 302 g/mol. The summed E-state index contributed by atoms with van der Waals surface area (Å²) in [6.07, 6.45) is 3.90. The van der Waals surface area contributed by atoms with Crippen molar-refractivity contribution in [3.63, 3.8) is 0 Å². The molecule has 0 aliphatic heterocycles. The van der Waals surface area contributed by atoms with Gasteiger partial charge in [0.05, 0.1) is 29.0 Å². The van der Waals surface area contributed by atoms with E-state index < -0.39 is 0 Å². The van der Waals surface area contributed by atoms with E-state index in [0.29, 0.717) is 0 Å². The molecule has 1 aromatic heterocycles. The van der Waals surface area contributed by atoms with Gasteiger partial charge in [-0.2, -0.15) is 16.9 Å². The molecule has 5 nitrogen and oxygen atoms in total. The van der Waals surface area contributed by atoms with Crippen molar-refractivity contribution in [3.8, 4) is 0 Å². The molecular formula is C10H20BrN5S. The number of halogens is 1. The van der Waals surface area contributed by atoms with Gasteiger partial charge in [0, 0.05) is 12.3 Å². The van der Waals surface area contributed by atoms with Crippen molar-refractivity contribution in [2.24, 2.45) is 5.84 Å². The minimum absolute atomic E-state index is 0.115. The molecule has 0 amide bonds. The largest absolute Gasteiger partial charge is 0.308 e. The van der Waals surface area contributed by atoms with E-state index in [-0.39, 0.29) is 6.04 Å². The number of rotatable bonds is 7. The quantitative estimate of drug-likeness (QED) is 0.581. The average Bonchev–Trinajstić information content (AvgIpc) is 2.65. The number of nitrogens with two attached hydrogens (primary N) is 1. The van der Waals surface area contributed by atoms with Crippen LogP contribution in [0.25, 0.3) is 0 Å². The van der Waals surface area contributed by atoms with Gasteiger partial charge in [0.25, 0.3) is 0 Å². The van der Waals surface area contributed by atoms with Gasteiger partial charge in [-0.3, -0.25) is 16.0 Å². The van der Waals surface area contributed by atoms with Gasteiger partial charge < -0.3 is 4.90 Å². The lowest BCUT2D eigenvalue weighted by atomic mass is 10.2. The van der Waals surface area contributed by atoms with Crippen molar-refractivity contribution in [2.75, 3.05) is 32.6 Å². The Morgan fingerprint density at radius 2 is 2.35 bits per heavy atom. The lowest BCUT2D eigenvalue weighted by Crippen LogP contribution is -2.32. The van der Waals surface area contributed by atoms with E-state index in [1.165, 1.54) is 0 Å². The van der Waals surface area contributed by atoms with E-state index >= 15 is 0 Å². The number of thioether (sulfide) groups is 1. The molecule has 0 aliphatic rings. The Morgan fingerprint density at radius 1 is 1.65 bits per heavy atom. The van der Waals surface area contributed by atoms with Crippen LogP contribution in [-0.4, -0.2) is 47.3 Å². The molecule has 0 spiro atoms. The Labute approximate surface area is 115 Å². The number of hydrogen-bond acceptors (Lipinski definition) is 5. The number of hydrogen-bond donors (Lipinski definition) is 2. The topological polar surface area (TPSA) is 59.1 Å². The SMILES string of the molecule is CSCC(NN)c1c(Br)cnn1CCN(C)C. The zero-order valence-electron chi connectivity index (χ0n) is 10.5. The maximum absolute atomic E-state index is 5.61. The third-order valence-electron chi connectivity index (χ3n) is 2.46. The second-order valence-corrected chi connectivity index (χ2v) is 5.84. The van der Waals surface area contributed by atoms with Crippen LogP contribution in [0.15, 0.2) is 10.7 Å². The summed E-state index contributed by atoms with van der Waals surface area (Å²) in [7, 11) is 4.11. The highest BCUT2D eigenvalue weighted by atomic mass is 79.9. The summed E-state index contributed by atoms with van der Waals surface area (Å²) in [4.78, 5) is 2.14. The van der Waals surface area contributed by atoms with Gasteiger partial charge >= 0.3 is 0 Å². The van der Waals surface area contributed by atoms with Crippen LogP contribution in [0.1, 0.15) is 11.7 Å². The van der Waals surface area contributed by atoms with Crippen molar-refractivity contribution in [2.45, 2.75) is 12.6 Å². The summed E-state index contributed by atoms with van der Waals surface area (Å²) in [6, 6.07) is 0.115. The highest BCUT2D eigenvalue weighted by molar-refractivity contribution is 9.10. The van der Waals surface area contributed by atoms with Gasteiger partial charge in [-0.15, -0.1) is 0 Å². The summed E-state index contributed by atoms with van der Waals surface area (Å²) < 4.78 is 3.01. The Bertz CT molecular complexity index is 341. The molecule has 1 rings (SSSR count). The lowest BCUT2D eigenvalue weighted by Gasteiger charge is -2.18. The summed E-state index contributed by atoms with van der Waals surface area (Å²) in [5.74, 6) is 6.53. The van der Waals surface area contributed by atoms with Crippen molar-refractivity contribution >= 4 is 27.7 Å². The monoisotopic (exact) mass is 321 g/mol. The Hall–Kier alpha value is -0.0800. The first kappa shape index (κ1) is 15.0. The van der Waals surface area contributed by atoms with Crippen LogP contribution in [0.5, 0.6) is 0 Å². The number of nitrogens with one attached hydrogen (secondary N) is 1. The van der Waals surface area contributed by atoms with Crippen molar-refractivity contribution in [1.29, 1.82) is 0 Å². The third kappa shape index (κ3) is 4.26. The van der Waals surface area contributed by atoms with Crippen LogP contribution in [-0.2, 0) is 6.54 Å². The normalized spacial score (nSPS) is 13.3. The maximum atomic E-state index is 5.61. The molecule has 7 heteroatoms. The lowest BCUT2D eigenvalue weighted by molar-refractivity contribution is 0.364. The smallest absolute Gasteiger partial charge is 0.0730 e. The van der Waals surface area contributed by atoms with Gasteiger partial charge in [0.1, 0.15) is 0 Å². The van der Waals surface area contributed by atoms with Gasteiger partial charge in [0.2, 0.25) is 0 Å². The Balaban J connectivity index is 2.84. The molecule has 0 aliphatic carbocycles. The van der Waals surface area contributed by atoms with Gasteiger partial charge in [0.15, 0.2) is 0 Å². The first-order valence-corrected chi connectivity index (χ1v) is 7.59. The maximum Gasteiger partial charge on any atom is 0.0730 e. The summed E-state index contributed by atoms with van der Waals surface area (Å²) in [5, 5.41) is 4.38. The standard InChI is InChI=1S/C10H20BrN5S/c1-15(2)4-5-16-10(8(11)6-13-16)9(14-12)7-17-3/h6,9,14H,4-5,7,12H2,1-3H3. The second-order valence-electron chi connectivity index (χ2n) is 4.08. The zero-order valence-corrected chi connectivity index (χ0v) is 12.9.